The SMILES string of the molecule is CC(=O)N[C@H]1[C@H](O[C@H]2[C@H](O)[C@@H](NC(C)=O)C(O)O[C@@H]2CO)O[C@H](CO)[C@@H](O[C@@H]2O[C@H](CO[C@H]3O[C@H](CO)[C@@H](O[C@@H]4O[C@H](CO)[C@@H](O[C@@H]5O[C@H](CO)[C@H](O)[C@H](O)[C@H]5O)[C@H](O)[C@H]4NC(C)=O)[C@H](O)[C@@H]3O)[C@@H](O)[C@H](O[C@H]3O[C@H](CO)[C@@H](O[C@@H]4O[C@H](CO)[C@@H](O[C@@H]5O[C@H](CO)[C@H](O)[C@H](O)[C@H]5O)[C@H](O)[C@H]4NC(C)=O)[C@H](O)[C@@H]3O)[C@@H]2O)[C@@H]1O. The molecular formula is C62H104N4O46. The van der Waals surface area contributed by atoms with E-state index in [2.05, 4.69) is 21.3 Å². The van der Waals surface area contributed by atoms with Gasteiger partial charge < -0.3 is 229 Å². The molecule has 45 atom stereocenters. The Kier molecular flexibility index (Phi) is 33.1. The fourth-order valence-electron chi connectivity index (χ4n) is 14.5. The summed E-state index contributed by atoms with van der Waals surface area (Å²) in [6.45, 7) is -5.62. The van der Waals surface area contributed by atoms with Crippen LogP contribution in [-0.4, -0.2) is 487 Å². The van der Waals surface area contributed by atoms with Crippen molar-refractivity contribution in [2.75, 3.05) is 59.5 Å². The van der Waals surface area contributed by atoms with Crippen LogP contribution in [0.15, 0.2) is 0 Å². The molecule has 9 heterocycles. The number of hydrogen-bond acceptors (Lipinski definition) is 46. The van der Waals surface area contributed by atoms with Crippen LogP contribution in [0.4, 0.5) is 0 Å². The van der Waals surface area contributed by atoms with Gasteiger partial charge in [0.15, 0.2) is 56.6 Å². The van der Waals surface area contributed by atoms with Crippen molar-refractivity contribution in [3.8, 4) is 0 Å². The maximum absolute atomic E-state index is 12.9. The minimum atomic E-state index is -2.49. The van der Waals surface area contributed by atoms with Crippen LogP contribution in [0, 0.1) is 0 Å². The Bertz CT molecular complexity index is 2970. The largest absolute Gasteiger partial charge is 0.394 e. The summed E-state index contributed by atoms with van der Waals surface area (Å²) < 4.78 is 99.2. The van der Waals surface area contributed by atoms with Crippen LogP contribution in [0.25, 0.3) is 0 Å². The van der Waals surface area contributed by atoms with Crippen molar-refractivity contribution < 1.29 is 227 Å². The molecule has 4 amide bonds. The minimum Gasteiger partial charge on any atom is -0.394 e. The summed E-state index contributed by atoms with van der Waals surface area (Å²) in [7, 11) is 0. The van der Waals surface area contributed by atoms with Gasteiger partial charge in [0.2, 0.25) is 23.6 Å². The second-order valence-corrected chi connectivity index (χ2v) is 28.2. The molecule has 9 aliphatic heterocycles. The van der Waals surface area contributed by atoms with E-state index in [-0.39, 0.29) is 0 Å². The van der Waals surface area contributed by atoms with Gasteiger partial charge in [-0.3, -0.25) is 19.2 Å². The van der Waals surface area contributed by atoms with E-state index >= 15 is 0 Å². The molecule has 0 aromatic carbocycles. The van der Waals surface area contributed by atoms with Gasteiger partial charge in [-0.1, -0.05) is 0 Å². The monoisotopic (exact) mass is 1640 g/mol. The fraction of sp³-hybridized carbons (Fsp3) is 0.935. The highest BCUT2D eigenvalue weighted by molar-refractivity contribution is 5.74. The van der Waals surface area contributed by atoms with Crippen molar-refractivity contribution in [2.24, 2.45) is 0 Å². The number of carbonyl (C=O) groups is 4. The van der Waals surface area contributed by atoms with Crippen LogP contribution >= 0.6 is 0 Å². The summed E-state index contributed by atoms with van der Waals surface area (Å²) in [5.41, 5.74) is 0. The number of nitrogens with one attached hydrogen (secondary N) is 4. The van der Waals surface area contributed by atoms with Gasteiger partial charge in [-0.15, -0.1) is 0 Å². The van der Waals surface area contributed by atoms with Crippen LogP contribution in [0.1, 0.15) is 27.7 Å². The maximum atomic E-state index is 12.9. The second kappa shape index (κ2) is 40.3. The first-order chi connectivity index (χ1) is 53.0. The average Bonchev–Trinajstić information content (AvgIpc) is 0.765. The predicted molar refractivity (Wildman–Crippen MR) is 343 cm³/mol. The molecule has 0 aliphatic carbocycles. The van der Waals surface area contributed by atoms with Gasteiger partial charge in [-0.2, -0.15) is 0 Å². The molecule has 50 nitrogen and oxygen atoms in total. The molecule has 648 valence electrons. The van der Waals surface area contributed by atoms with Crippen molar-refractivity contribution in [1.82, 2.24) is 21.3 Å². The van der Waals surface area contributed by atoms with Crippen LogP contribution in [0.2, 0.25) is 0 Å². The number of amides is 4. The molecule has 0 radical (unpaired) electrons. The van der Waals surface area contributed by atoms with Crippen molar-refractivity contribution in [1.29, 1.82) is 0 Å². The Labute approximate surface area is 634 Å². The zero-order valence-electron chi connectivity index (χ0n) is 60.1. The highest BCUT2D eigenvalue weighted by atomic mass is 16.8. The molecule has 0 aromatic heterocycles. The molecule has 0 aromatic rings. The van der Waals surface area contributed by atoms with Gasteiger partial charge in [0.05, 0.1) is 59.5 Å². The van der Waals surface area contributed by atoms with Gasteiger partial charge in [0.1, 0.15) is 219 Å². The molecule has 29 N–H and O–H groups in total. The van der Waals surface area contributed by atoms with E-state index in [0.717, 1.165) is 27.7 Å². The fourth-order valence-corrected chi connectivity index (χ4v) is 14.5. The highest BCUT2D eigenvalue weighted by Gasteiger charge is 2.61. The summed E-state index contributed by atoms with van der Waals surface area (Å²) in [4.78, 5) is 50.3. The summed E-state index contributed by atoms with van der Waals surface area (Å²) in [6, 6.07) is -7.12. The zero-order chi connectivity index (χ0) is 82.5. The molecule has 9 aliphatic rings. The van der Waals surface area contributed by atoms with E-state index in [1.165, 1.54) is 0 Å². The van der Waals surface area contributed by atoms with E-state index < -0.39 is 359 Å². The predicted octanol–water partition coefficient (Wildman–Crippen LogP) is -20.1. The molecule has 112 heavy (non-hydrogen) atoms. The third-order valence-electron chi connectivity index (χ3n) is 20.4. The molecule has 0 bridgehead atoms. The summed E-state index contributed by atoms with van der Waals surface area (Å²) >= 11 is 0. The Balaban J connectivity index is 0.964. The lowest BCUT2D eigenvalue weighted by Crippen LogP contribution is -2.70. The lowest BCUT2D eigenvalue weighted by Gasteiger charge is -2.51. The lowest BCUT2D eigenvalue weighted by molar-refractivity contribution is -0.392. The number of aliphatic hydroxyl groups is 25. The van der Waals surface area contributed by atoms with Crippen molar-refractivity contribution in [3.05, 3.63) is 0 Å². The first kappa shape index (κ1) is 92.1. The quantitative estimate of drug-likeness (QED) is 0.0331. The molecule has 9 rings (SSSR count). The molecule has 9 saturated heterocycles. The van der Waals surface area contributed by atoms with Crippen molar-refractivity contribution in [2.45, 2.75) is 304 Å². The van der Waals surface area contributed by atoms with Gasteiger partial charge >= 0.3 is 0 Å². The van der Waals surface area contributed by atoms with E-state index in [1.807, 2.05) is 0 Å². The Morgan fingerprint density at radius 2 is 0.464 bits per heavy atom. The molecule has 0 saturated carbocycles. The number of aliphatic hydroxyl groups excluding tert-OH is 25. The Morgan fingerprint density at radius 3 is 0.795 bits per heavy atom. The maximum Gasteiger partial charge on any atom is 0.217 e. The van der Waals surface area contributed by atoms with Crippen LogP contribution in [-0.2, 0) is 99.7 Å². The minimum absolute atomic E-state index is 0.775. The Morgan fingerprint density at radius 1 is 0.232 bits per heavy atom. The van der Waals surface area contributed by atoms with E-state index in [0.29, 0.717) is 0 Å². The first-order valence-electron chi connectivity index (χ1n) is 35.6. The van der Waals surface area contributed by atoms with Gasteiger partial charge in [0.25, 0.3) is 0 Å². The van der Waals surface area contributed by atoms with Crippen LogP contribution in [0.5, 0.6) is 0 Å². The van der Waals surface area contributed by atoms with Crippen molar-refractivity contribution >= 4 is 23.6 Å². The molecule has 9 fully saturated rings. The van der Waals surface area contributed by atoms with E-state index in [4.69, 9.17) is 80.5 Å². The average molecular weight is 1640 g/mol. The summed E-state index contributed by atoms with van der Waals surface area (Å²) in [5, 5.41) is 285. The standard InChI is InChI=1S/C62H104N4O46/c1-14(75)63-27-34(82)47(20(7-69)97-54(27)95)106-55-28(64-15(2)76)37(85)50(23(10-72)100-55)111-62-46(94)53(112-61-45(93)41(89)52(25(12-74)104-61)108-57-30(66-17(4)78)36(84)49(22(9-71)102-57)110-60-43(91)39(87)32(80)19(6-68)99-60)33(81)26(105-62)13-96-58-44(92)40(88)51(24(11-73)103-58)107-56-29(65-16(3)77)35(83)48(21(8-70)101-56)109-59-42(90)38(86)31(79)18(5-67)98-59/h18-62,67-74,79-95H,5-13H2,1-4H3,(H,63,75)(H,64,76)(H,65,77)(H,66,78)/t18-,19-,20-,21-,22-,23-,24-,25-,26-,27-,28-,29-,30-,31+,32+,33-,34-,35-,36-,37-,38+,39+,40-,41-,42-,43-,44+,45+,46+,47-,48-,49-,50-,51-,52-,53+,54?,55+,56+,57+,58+,59+,60+,61-,62+/m1/s1. The van der Waals surface area contributed by atoms with Crippen LogP contribution < -0.4 is 21.3 Å². The molecule has 0 spiro atoms. The van der Waals surface area contributed by atoms with Crippen LogP contribution in [0.3, 0.4) is 0 Å². The van der Waals surface area contributed by atoms with Crippen molar-refractivity contribution in [3.63, 3.8) is 0 Å². The number of carbonyl (C=O) groups excluding carboxylic acids is 4. The third kappa shape index (κ3) is 20.2. The van der Waals surface area contributed by atoms with E-state index in [1.54, 1.807) is 0 Å². The number of ether oxygens (including phenoxy) is 17. The van der Waals surface area contributed by atoms with Gasteiger partial charge in [-0.05, 0) is 0 Å². The zero-order valence-corrected chi connectivity index (χ0v) is 60.1. The normalized spacial score (nSPS) is 48.9. The second-order valence-electron chi connectivity index (χ2n) is 28.2. The highest BCUT2D eigenvalue weighted by Crippen LogP contribution is 2.40. The molecular weight excluding hydrogens is 1540 g/mol. The molecule has 1 unspecified atom stereocenters. The summed E-state index contributed by atoms with van der Waals surface area (Å²) in [5.74, 6) is -3.46. The topological polar surface area (TPSA) is 779 Å². The first-order valence-corrected chi connectivity index (χ1v) is 35.6. The smallest absolute Gasteiger partial charge is 0.217 e. The third-order valence-corrected chi connectivity index (χ3v) is 20.4. The van der Waals surface area contributed by atoms with Gasteiger partial charge in [-0.25, -0.2) is 0 Å². The molecule has 50 heteroatoms. The van der Waals surface area contributed by atoms with E-state index in [9.17, 15) is 147 Å². The number of rotatable bonds is 29. The summed E-state index contributed by atoms with van der Waals surface area (Å²) in [6.07, 6.45) is -82.8. The van der Waals surface area contributed by atoms with Gasteiger partial charge in [0, 0.05) is 27.7 Å². The lowest BCUT2D eigenvalue weighted by atomic mass is 9.93. The Hall–Kier alpha value is -3.80. The number of hydrogen-bond donors (Lipinski definition) is 29.